The Morgan fingerprint density at radius 3 is 2.32 bits per heavy atom. The summed E-state index contributed by atoms with van der Waals surface area (Å²) in [6, 6.07) is 15.5. The number of benzene rings is 2. The molecule has 0 spiro atoms. The van der Waals surface area contributed by atoms with E-state index in [4.69, 9.17) is 11.6 Å². The molecule has 2 aliphatic rings. The zero-order chi connectivity index (χ0) is 22.0. The predicted octanol–water partition coefficient (Wildman–Crippen LogP) is 2.68. The number of carbonyl (C=O) groups is 2. The summed E-state index contributed by atoms with van der Waals surface area (Å²) in [5, 5.41) is 0.725. The summed E-state index contributed by atoms with van der Waals surface area (Å²) in [6.45, 7) is 3.90. The van der Waals surface area contributed by atoms with Gasteiger partial charge in [0.25, 0.3) is 0 Å². The average Bonchev–Trinajstić information content (AvgIpc) is 2.79. The van der Waals surface area contributed by atoms with Crippen LogP contribution in [0.15, 0.2) is 48.5 Å². The summed E-state index contributed by atoms with van der Waals surface area (Å²) in [4.78, 5) is 34.0. The smallest absolute Gasteiger partial charge is 0.244 e. The van der Waals surface area contributed by atoms with Crippen LogP contribution < -0.4 is 4.90 Å². The molecule has 2 aliphatic heterocycles. The highest BCUT2D eigenvalue weighted by Crippen LogP contribution is 2.31. The number of likely N-dealkylation sites (N-methyl/N-ethyl adjacent to an activating group) is 1. The van der Waals surface area contributed by atoms with Gasteiger partial charge in [-0.25, -0.2) is 0 Å². The van der Waals surface area contributed by atoms with E-state index >= 15 is 0 Å². The molecule has 0 radical (unpaired) electrons. The molecule has 0 bridgehead atoms. The van der Waals surface area contributed by atoms with Gasteiger partial charge in [0.15, 0.2) is 0 Å². The topological polar surface area (TPSA) is 47.1 Å². The van der Waals surface area contributed by atoms with Gasteiger partial charge in [0.1, 0.15) is 6.04 Å². The van der Waals surface area contributed by atoms with Gasteiger partial charge in [0.05, 0.1) is 6.54 Å². The molecule has 1 unspecified atom stereocenters. The van der Waals surface area contributed by atoms with Crippen LogP contribution >= 0.6 is 11.6 Å². The first-order valence-electron chi connectivity index (χ1n) is 10.8. The monoisotopic (exact) mass is 440 g/mol. The van der Waals surface area contributed by atoms with E-state index in [1.165, 1.54) is 5.56 Å². The standard InChI is InChI=1S/C24H29ClN4O2/c1-26(2)24(31)23-21-6-4-3-5-18(21)11-12-29(23)17-22(30)28-15-13-27(14-16-28)20-9-7-19(25)8-10-20/h3-10,23H,11-17H2,1-2H3. The number of hydrogen-bond donors (Lipinski definition) is 0. The Bertz CT molecular complexity index is 939. The molecule has 4 rings (SSSR count). The third-order valence-corrected chi connectivity index (χ3v) is 6.47. The van der Waals surface area contributed by atoms with Crippen molar-refractivity contribution in [3.05, 3.63) is 64.7 Å². The quantitative estimate of drug-likeness (QED) is 0.733. The first-order chi connectivity index (χ1) is 14.9. The predicted molar refractivity (Wildman–Crippen MR) is 123 cm³/mol. The van der Waals surface area contributed by atoms with Crippen molar-refractivity contribution >= 4 is 29.1 Å². The summed E-state index contributed by atoms with van der Waals surface area (Å²) in [6.07, 6.45) is 0.852. The molecule has 1 fully saturated rings. The van der Waals surface area contributed by atoms with Gasteiger partial charge >= 0.3 is 0 Å². The van der Waals surface area contributed by atoms with Crippen molar-refractivity contribution in [3.8, 4) is 0 Å². The zero-order valence-electron chi connectivity index (χ0n) is 18.1. The minimum atomic E-state index is -0.403. The van der Waals surface area contributed by atoms with E-state index in [9.17, 15) is 9.59 Å². The van der Waals surface area contributed by atoms with Crippen molar-refractivity contribution in [2.75, 3.05) is 58.3 Å². The van der Waals surface area contributed by atoms with Gasteiger partial charge in [-0.3, -0.25) is 14.5 Å². The maximum atomic E-state index is 13.1. The minimum absolute atomic E-state index is 0.0208. The number of carbonyl (C=O) groups excluding carboxylic acids is 2. The highest BCUT2D eigenvalue weighted by molar-refractivity contribution is 6.30. The normalized spacial score (nSPS) is 19.1. The molecule has 2 heterocycles. The number of anilines is 1. The van der Waals surface area contributed by atoms with Crippen LogP contribution in [0.25, 0.3) is 0 Å². The molecule has 2 amide bonds. The van der Waals surface area contributed by atoms with Crippen LogP contribution in [0.3, 0.4) is 0 Å². The largest absolute Gasteiger partial charge is 0.368 e. The van der Waals surface area contributed by atoms with E-state index in [0.717, 1.165) is 35.8 Å². The lowest BCUT2D eigenvalue weighted by molar-refractivity contribution is -0.139. The molecule has 0 saturated carbocycles. The van der Waals surface area contributed by atoms with Crippen LogP contribution in [-0.2, 0) is 16.0 Å². The Balaban J connectivity index is 1.42. The molecule has 164 valence electrons. The lowest BCUT2D eigenvalue weighted by atomic mass is 9.91. The highest BCUT2D eigenvalue weighted by atomic mass is 35.5. The third-order valence-electron chi connectivity index (χ3n) is 6.22. The molecule has 1 saturated heterocycles. The fourth-order valence-electron chi connectivity index (χ4n) is 4.46. The van der Waals surface area contributed by atoms with Crippen LogP contribution in [0.4, 0.5) is 5.69 Å². The lowest BCUT2D eigenvalue weighted by Crippen LogP contribution is -2.53. The van der Waals surface area contributed by atoms with E-state index < -0.39 is 6.04 Å². The third kappa shape index (κ3) is 4.70. The van der Waals surface area contributed by atoms with Crippen molar-refractivity contribution in [1.82, 2.24) is 14.7 Å². The number of hydrogen-bond acceptors (Lipinski definition) is 4. The summed E-state index contributed by atoms with van der Waals surface area (Å²) < 4.78 is 0. The number of rotatable bonds is 4. The van der Waals surface area contributed by atoms with Gasteiger partial charge in [-0.05, 0) is 41.8 Å². The minimum Gasteiger partial charge on any atom is -0.368 e. The zero-order valence-corrected chi connectivity index (χ0v) is 18.9. The summed E-state index contributed by atoms with van der Waals surface area (Å²) in [5.41, 5.74) is 3.34. The van der Waals surface area contributed by atoms with Crippen molar-refractivity contribution in [2.24, 2.45) is 0 Å². The molecule has 1 atom stereocenters. The number of piperazine rings is 1. The molecule has 0 aliphatic carbocycles. The van der Waals surface area contributed by atoms with E-state index in [1.807, 2.05) is 52.3 Å². The van der Waals surface area contributed by atoms with Gasteiger partial charge in [0.2, 0.25) is 11.8 Å². The van der Waals surface area contributed by atoms with Crippen LogP contribution in [0, 0.1) is 0 Å². The van der Waals surface area contributed by atoms with Crippen LogP contribution in [0.2, 0.25) is 5.02 Å². The van der Waals surface area contributed by atoms with Crippen LogP contribution in [0.1, 0.15) is 17.2 Å². The van der Waals surface area contributed by atoms with Gasteiger partial charge < -0.3 is 14.7 Å². The Morgan fingerprint density at radius 1 is 0.968 bits per heavy atom. The molecular weight excluding hydrogens is 412 g/mol. The summed E-state index contributed by atoms with van der Waals surface area (Å²) in [5.74, 6) is 0.110. The van der Waals surface area contributed by atoms with E-state index in [1.54, 1.807) is 19.0 Å². The van der Waals surface area contributed by atoms with Gasteiger partial charge in [-0.2, -0.15) is 0 Å². The number of halogens is 1. The maximum absolute atomic E-state index is 13.1. The van der Waals surface area contributed by atoms with Gasteiger partial charge in [0, 0.05) is 57.5 Å². The SMILES string of the molecule is CN(C)C(=O)C1c2ccccc2CCN1CC(=O)N1CCN(c2ccc(Cl)cc2)CC1. The number of amides is 2. The molecular formula is C24H29ClN4O2. The molecule has 2 aromatic rings. The number of fused-ring (bicyclic) bond motifs is 1. The Morgan fingerprint density at radius 2 is 1.65 bits per heavy atom. The molecule has 6 nitrogen and oxygen atoms in total. The van der Waals surface area contributed by atoms with Crippen molar-refractivity contribution in [2.45, 2.75) is 12.5 Å². The summed E-state index contributed by atoms with van der Waals surface area (Å²) >= 11 is 5.99. The maximum Gasteiger partial charge on any atom is 0.244 e. The number of nitrogens with zero attached hydrogens (tertiary/aromatic N) is 4. The molecule has 2 aromatic carbocycles. The molecule has 0 N–H and O–H groups in total. The average molecular weight is 441 g/mol. The fourth-order valence-corrected chi connectivity index (χ4v) is 4.59. The second kappa shape index (κ2) is 9.28. The Hall–Kier alpha value is -2.57. The second-order valence-corrected chi connectivity index (χ2v) is 8.84. The van der Waals surface area contributed by atoms with Crippen molar-refractivity contribution in [3.63, 3.8) is 0 Å². The van der Waals surface area contributed by atoms with E-state index in [2.05, 4.69) is 11.0 Å². The van der Waals surface area contributed by atoms with Gasteiger partial charge in [-0.15, -0.1) is 0 Å². The highest BCUT2D eigenvalue weighted by Gasteiger charge is 2.35. The van der Waals surface area contributed by atoms with E-state index in [-0.39, 0.29) is 18.4 Å². The van der Waals surface area contributed by atoms with Crippen LogP contribution in [-0.4, -0.2) is 79.9 Å². The van der Waals surface area contributed by atoms with Crippen LogP contribution in [0.5, 0.6) is 0 Å². The van der Waals surface area contributed by atoms with E-state index in [0.29, 0.717) is 19.6 Å². The van der Waals surface area contributed by atoms with Crippen molar-refractivity contribution in [1.29, 1.82) is 0 Å². The molecule has 0 aromatic heterocycles. The fraction of sp³-hybridized carbons (Fsp3) is 0.417. The molecule has 7 heteroatoms. The first kappa shape index (κ1) is 21.7. The first-order valence-corrected chi connectivity index (χ1v) is 11.1. The lowest BCUT2D eigenvalue weighted by Gasteiger charge is -2.40. The Labute approximate surface area is 189 Å². The molecule has 31 heavy (non-hydrogen) atoms. The second-order valence-electron chi connectivity index (χ2n) is 8.40. The summed E-state index contributed by atoms with van der Waals surface area (Å²) in [7, 11) is 3.55. The van der Waals surface area contributed by atoms with Gasteiger partial charge in [-0.1, -0.05) is 35.9 Å². The Kier molecular flexibility index (Phi) is 6.49. The van der Waals surface area contributed by atoms with Crippen molar-refractivity contribution < 1.29 is 9.59 Å².